The van der Waals surface area contributed by atoms with E-state index < -0.39 is 11.9 Å². The molecule has 0 aliphatic heterocycles. The Hall–Kier alpha value is -1.12. The smallest absolute Gasteiger partial charge is 0.338 e. The van der Waals surface area contributed by atoms with E-state index in [4.69, 9.17) is 0 Å². The average Bonchev–Trinajstić information content (AvgIpc) is 1.86. The van der Waals surface area contributed by atoms with Crippen molar-refractivity contribution in [3.05, 3.63) is 12.2 Å². The van der Waals surface area contributed by atoms with E-state index in [1.807, 2.05) is 6.92 Å². The van der Waals surface area contributed by atoms with Gasteiger partial charge >= 0.3 is 11.9 Å². The lowest BCUT2D eigenvalue weighted by Crippen LogP contribution is -2.05. The SMILES string of the molecule is CCC/C=C/C(=O)OC(C)=O. The molecule has 0 bridgehead atoms. The van der Waals surface area contributed by atoms with Gasteiger partial charge in [0.2, 0.25) is 0 Å². The molecule has 0 heterocycles. The third kappa shape index (κ3) is 6.77. The van der Waals surface area contributed by atoms with E-state index in [-0.39, 0.29) is 0 Å². The molecule has 0 saturated heterocycles. The summed E-state index contributed by atoms with van der Waals surface area (Å²) in [4.78, 5) is 20.8. The highest BCUT2D eigenvalue weighted by Gasteiger charge is 1.98. The molecule has 0 amide bonds. The van der Waals surface area contributed by atoms with Gasteiger partial charge in [-0.15, -0.1) is 0 Å². The van der Waals surface area contributed by atoms with E-state index in [1.54, 1.807) is 6.08 Å². The summed E-state index contributed by atoms with van der Waals surface area (Å²) in [6.45, 7) is 3.20. The number of hydrogen-bond donors (Lipinski definition) is 0. The monoisotopic (exact) mass is 156 g/mol. The van der Waals surface area contributed by atoms with E-state index in [1.165, 1.54) is 13.0 Å². The second-order valence-electron chi connectivity index (χ2n) is 2.10. The molecule has 3 heteroatoms. The van der Waals surface area contributed by atoms with Gasteiger partial charge in [-0.25, -0.2) is 4.79 Å². The van der Waals surface area contributed by atoms with Crippen molar-refractivity contribution in [2.24, 2.45) is 0 Å². The van der Waals surface area contributed by atoms with Crippen LogP contribution in [0.25, 0.3) is 0 Å². The lowest BCUT2D eigenvalue weighted by atomic mass is 10.3. The van der Waals surface area contributed by atoms with Crippen molar-refractivity contribution in [1.82, 2.24) is 0 Å². The van der Waals surface area contributed by atoms with E-state index in [0.29, 0.717) is 0 Å². The van der Waals surface area contributed by atoms with Crippen LogP contribution in [0.15, 0.2) is 12.2 Å². The largest absolute Gasteiger partial charge is 0.390 e. The molecule has 0 aliphatic rings. The molecule has 0 spiro atoms. The lowest BCUT2D eigenvalue weighted by Gasteiger charge is -1.91. The molecule has 3 nitrogen and oxygen atoms in total. The molecular formula is C8H12O3. The van der Waals surface area contributed by atoms with E-state index >= 15 is 0 Å². The summed E-state index contributed by atoms with van der Waals surface area (Å²) in [5.74, 6) is -1.16. The molecule has 11 heavy (non-hydrogen) atoms. The zero-order chi connectivity index (χ0) is 8.69. The summed E-state index contributed by atoms with van der Waals surface area (Å²) in [5, 5.41) is 0. The highest BCUT2D eigenvalue weighted by atomic mass is 16.6. The number of ether oxygens (including phenoxy) is 1. The summed E-state index contributed by atoms with van der Waals surface area (Å²) >= 11 is 0. The first-order valence-corrected chi connectivity index (χ1v) is 3.55. The maximum absolute atomic E-state index is 10.6. The Morgan fingerprint density at radius 2 is 2.09 bits per heavy atom. The van der Waals surface area contributed by atoms with Gasteiger partial charge in [-0.2, -0.15) is 0 Å². The Kier molecular flexibility index (Phi) is 5.07. The van der Waals surface area contributed by atoms with Crippen LogP contribution in [-0.2, 0) is 14.3 Å². The van der Waals surface area contributed by atoms with Crippen LogP contribution in [0.5, 0.6) is 0 Å². The van der Waals surface area contributed by atoms with Gasteiger partial charge in [0, 0.05) is 13.0 Å². The topological polar surface area (TPSA) is 43.4 Å². The fraction of sp³-hybridized carbons (Fsp3) is 0.500. The Bertz CT molecular complexity index is 170. The van der Waals surface area contributed by atoms with Gasteiger partial charge in [0.05, 0.1) is 0 Å². The highest BCUT2D eigenvalue weighted by molar-refractivity contribution is 5.91. The zero-order valence-electron chi connectivity index (χ0n) is 6.79. The van der Waals surface area contributed by atoms with Gasteiger partial charge in [-0.1, -0.05) is 19.4 Å². The number of carbonyl (C=O) groups excluding carboxylic acids is 2. The number of hydrogen-bond acceptors (Lipinski definition) is 3. The van der Waals surface area contributed by atoms with Crippen LogP contribution in [0.3, 0.4) is 0 Å². The molecule has 0 aliphatic carbocycles. The van der Waals surface area contributed by atoms with Gasteiger partial charge in [0.25, 0.3) is 0 Å². The fourth-order valence-electron chi connectivity index (χ4n) is 0.522. The van der Waals surface area contributed by atoms with Crippen LogP contribution >= 0.6 is 0 Å². The molecule has 0 rings (SSSR count). The first-order chi connectivity index (χ1) is 5.16. The minimum atomic E-state index is -0.592. The van der Waals surface area contributed by atoms with Crippen LogP contribution in [-0.4, -0.2) is 11.9 Å². The van der Waals surface area contributed by atoms with Crippen molar-refractivity contribution < 1.29 is 14.3 Å². The van der Waals surface area contributed by atoms with E-state index in [2.05, 4.69) is 4.74 Å². The molecule has 0 atom stereocenters. The Labute approximate surface area is 66.0 Å². The third-order valence-electron chi connectivity index (χ3n) is 0.954. The molecule has 0 aromatic rings. The number of unbranched alkanes of at least 4 members (excludes halogenated alkanes) is 1. The number of allylic oxidation sites excluding steroid dienone is 1. The highest BCUT2D eigenvalue weighted by Crippen LogP contribution is 1.89. The second-order valence-corrected chi connectivity index (χ2v) is 2.10. The van der Waals surface area contributed by atoms with Crippen LogP contribution in [0, 0.1) is 0 Å². The summed E-state index contributed by atoms with van der Waals surface area (Å²) < 4.78 is 4.23. The van der Waals surface area contributed by atoms with Crippen molar-refractivity contribution in [1.29, 1.82) is 0 Å². The predicted octanol–water partition coefficient (Wildman–Crippen LogP) is 1.43. The molecule has 0 radical (unpaired) electrons. The van der Waals surface area contributed by atoms with Gasteiger partial charge in [0.15, 0.2) is 0 Å². The lowest BCUT2D eigenvalue weighted by molar-refractivity contribution is -0.154. The Morgan fingerprint density at radius 3 is 2.55 bits per heavy atom. The molecule has 0 saturated carbocycles. The van der Waals surface area contributed by atoms with Gasteiger partial charge < -0.3 is 4.74 Å². The van der Waals surface area contributed by atoms with Crippen LogP contribution in [0.2, 0.25) is 0 Å². The molecule has 0 N–H and O–H groups in total. The molecule has 0 fully saturated rings. The number of esters is 2. The second kappa shape index (κ2) is 5.65. The average molecular weight is 156 g/mol. The summed E-state index contributed by atoms with van der Waals surface area (Å²) in [7, 11) is 0. The van der Waals surface area contributed by atoms with Crippen LogP contribution in [0.1, 0.15) is 26.7 Å². The summed E-state index contributed by atoms with van der Waals surface area (Å²) in [5.41, 5.74) is 0. The molecule has 62 valence electrons. The fourth-order valence-corrected chi connectivity index (χ4v) is 0.522. The number of carbonyl (C=O) groups is 2. The molecule has 0 aromatic heterocycles. The van der Waals surface area contributed by atoms with Crippen molar-refractivity contribution in [2.45, 2.75) is 26.7 Å². The Balaban J connectivity index is 3.60. The van der Waals surface area contributed by atoms with E-state index in [9.17, 15) is 9.59 Å². The molecular weight excluding hydrogens is 144 g/mol. The minimum absolute atomic E-state index is 0.573. The van der Waals surface area contributed by atoms with Crippen molar-refractivity contribution in [3.63, 3.8) is 0 Å². The Morgan fingerprint density at radius 1 is 1.45 bits per heavy atom. The van der Waals surface area contributed by atoms with Crippen molar-refractivity contribution in [2.75, 3.05) is 0 Å². The van der Waals surface area contributed by atoms with Gasteiger partial charge in [-0.05, 0) is 6.42 Å². The first-order valence-electron chi connectivity index (χ1n) is 3.55. The maximum Gasteiger partial charge on any atom is 0.338 e. The van der Waals surface area contributed by atoms with Crippen molar-refractivity contribution in [3.8, 4) is 0 Å². The van der Waals surface area contributed by atoms with Gasteiger partial charge in [-0.3, -0.25) is 4.79 Å². The zero-order valence-corrected chi connectivity index (χ0v) is 6.79. The summed E-state index contributed by atoms with van der Waals surface area (Å²) in [6, 6.07) is 0. The molecule has 0 unspecified atom stereocenters. The quantitative estimate of drug-likeness (QED) is 0.352. The van der Waals surface area contributed by atoms with Gasteiger partial charge in [0.1, 0.15) is 0 Å². The van der Waals surface area contributed by atoms with Crippen LogP contribution in [0.4, 0.5) is 0 Å². The standard InChI is InChI=1S/C8H12O3/c1-3-4-5-6-8(10)11-7(2)9/h5-6H,3-4H2,1-2H3/b6-5+. The minimum Gasteiger partial charge on any atom is -0.390 e. The van der Waals surface area contributed by atoms with E-state index in [0.717, 1.165) is 12.8 Å². The van der Waals surface area contributed by atoms with Crippen molar-refractivity contribution >= 4 is 11.9 Å². The summed E-state index contributed by atoms with van der Waals surface area (Å²) in [6.07, 6.45) is 4.76. The number of rotatable bonds is 3. The van der Waals surface area contributed by atoms with Crippen LogP contribution < -0.4 is 0 Å². The molecule has 0 aromatic carbocycles. The maximum atomic E-state index is 10.6. The predicted molar refractivity (Wildman–Crippen MR) is 40.8 cm³/mol. The third-order valence-corrected chi connectivity index (χ3v) is 0.954. The normalized spacial score (nSPS) is 10.0. The first kappa shape index (κ1) is 9.88.